The number of urea groups is 1. The van der Waals surface area contributed by atoms with E-state index in [1.165, 1.54) is 12.0 Å². The molecular formula is C19H27N5O4+2. The molecule has 0 bridgehead atoms. The van der Waals surface area contributed by atoms with Gasteiger partial charge >= 0.3 is 6.03 Å². The molecule has 2 fully saturated rings. The largest absolute Gasteiger partial charge is 0.497 e. The van der Waals surface area contributed by atoms with E-state index < -0.39 is 23.8 Å². The van der Waals surface area contributed by atoms with Gasteiger partial charge in [0.05, 0.1) is 25.9 Å². The normalized spacial score (nSPS) is 21.6. The van der Waals surface area contributed by atoms with Crippen LogP contribution >= 0.6 is 0 Å². The van der Waals surface area contributed by atoms with E-state index in [0.717, 1.165) is 37.6 Å². The SMILES string of the molecule is COc1ccc(N2C(=O)NC(=O)C(C(C)=NCC[NH+]3CC[NH2+]CC3)C2=O)cc1. The summed E-state index contributed by atoms with van der Waals surface area (Å²) in [6.07, 6.45) is 0. The molecule has 0 saturated carbocycles. The smallest absolute Gasteiger partial charge is 0.335 e. The highest BCUT2D eigenvalue weighted by molar-refractivity contribution is 6.35. The Bertz CT molecular complexity index is 771. The summed E-state index contributed by atoms with van der Waals surface area (Å²) in [7, 11) is 1.53. The van der Waals surface area contributed by atoms with E-state index in [9.17, 15) is 14.4 Å². The maximum absolute atomic E-state index is 12.9. The van der Waals surface area contributed by atoms with Crippen LogP contribution in [0.3, 0.4) is 0 Å². The number of carbonyl (C=O) groups excluding carboxylic acids is 3. The van der Waals surface area contributed by atoms with E-state index >= 15 is 0 Å². The summed E-state index contributed by atoms with van der Waals surface area (Å²) in [6.45, 7) is 7.50. The summed E-state index contributed by atoms with van der Waals surface area (Å²) in [4.78, 5) is 44.4. The average molecular weight is 389 g/mol. The lowest BCUT2D eigenvalue weighted by atomic mass is 9.99. The second-order valence-electron chi connectivity index (χ2n) is 6.99. The van der Waals surface area contributed by atoms with Crippen molar-refractivity contribution in [1.29, 1.82) is 0 Å². The second-order valence-corrected chi connectivity index (χ2v) is 6.99. The van der Waals surface area contributed by atoms with Crippen molar-refractivity contribution in [1.82, 2.24) is 5.32 Å². The standard InChI is InChI=1S/C19H25N5O4/c1-13(21-9-12-23-10-7-20-8-11-23)16-17(25)22-19(27)24(18(16)26)14-3-5-15(28-2)6-4-14/h3-6,16,20H,7-12H2,1-2H3,(H,22,25,27)/p+2. The fourth-order valence-electron chi connectivity index (χ4n) is 3.53. The first-order chi connectivity index (χ1) is 13.5. The van der Waals surface area contributed by atoms with Gasteiger partial charge in [-0.2, -0.15) is 0 Å². The van der Waals surface area contributed by atoms with Gasteiger partial charge in [-0.1, -0.05) is 0 Å². The quantitative estimate of drug-likeness (QED) is 0.380. The fourth-order valence-corrected chi connectivity index (χ4v) is 3.53. The highest BCUT2D eigenvalue weighted by Crippen LogP contribution is 2.24. The van der Waals surface area contributed by atoms with Gasteiger partial charge in [-0.05, 0) is 31.2 Å². The number of ether oxygens (including phenoxy) is 1. The van der Waals surface area contributed by atoms with Crippen molar-refractivity contribution < 1.29 is 29.3 Å². The molecule has 4 amide bonds. The van der Waals surface area contributed by atoms with Crippen LogP contribution in [0.2, 0.25) is 0 Å². The molecule has 0 spiro atoms. The van der Waals surface area contributed by atoms with Gasteiger partial charge in [-0.3, -0.25) is 19.9 Å². The zero-order chi connectivity index (χ0) is 20.1. The van der Waals surface area contributed by atoms with Crippen LogP contribution in [-0.4, -0.2) is 69.9 Å². The summed E-state index contributed by atoms with van der Waals surface area (Å²) < 4.78 is 5.10. The molecule has 2 saturated heterocycles. The number of barbiturate groups is 1. The Kier molecular flexibility index (Phi) is 6.37. The number of carbonyl (C=O) groups is 3. The molecule has 1 aromatic carbocycles. The van der Waals surface area contributed by atoms with Gasteiger partial charge in [0.25, 0.3) is 5.91 Å². The maximum Gasteiger partial charge on any atom is 0.335 e. The number of hydrogen-bond donors (Lipinski definition) is 3. The van der Waals surface area contributed by atoms with Crippen molar-refractivity contribution in [2.75, 3.05) is 51.3 Å². The van der Waals surface area contributed by atoms with E-state index in [1.54, 1.807) is 31.2 Å². The first-order valence-electron chi connectivity index (χ1n) is 9.50. The Morgan fingerprint density at radius 1 is 1.25 bits per heavy atom. The van der Waals surface area contributed by atoms with E-state index in [2.05, 4.69) is 15.6 Å². The number of piperazine rings is 1. The number of hydrogen-bond acceptors (Lipinski definition) is 5. The molecule has 0 aliphatic carbocycles. The molecule has 1 atom stereocenters. The van der Waals surface area contributed by atoms with Crippen LogP contribution in [0.1, 0.15) is 6.92 Å². The van der Waals surface area contributed by atoms with Crippen molar-refractivity contribution in [3.05, 3.63) is 24.3 Å². The number of rotatable bonds is 6. The zero-order valence-electron chi connectivity index (χ0n) is 16.2. The van der Waals surface area contributed by atoms with Crippen molar-refractivity contribution in [2.45, 2.75) is 6.92 Å². The Labute approximate surface area is 163 Å². The van der Waals surface area contributed by atoms with Gasteiger partial charge in [-0.15, -0.1) is 0 Å². The van der Waals surface area contributed by atoms with Crippen LogP contribution in [0.15, 0.2) is 29.3 Å². The molecule has 2 heterocycles. The van der Waals surface area contributed by atoms with Crippen LogP contribution in [-0.2, 0) is 9.59 Å². The van der Waals surface area contributed by atoms with Crippen LogP contribution in [0, 0.1) is 5.92 Å². The minimum absolute atomic E-state index is 0.377. The van der Waals surface area contributed by atoms with Gasteiger partial charge in [0.2, 0.25) is 5.91 Å². The molecule has 9 heteroatoms. The lowest BCUT2D eigenvalue weighted by Gasteiger charge is -2.30. The summed E-state index contributed by atoms with van der Waals surface area (Å²) in [5.74, 6) is -1.69. The third kappa shape index (κ3) is 4.37. The summed E-state index contributed by atoms with van der Waals surface area (Å²) >= 11 is 0. The van der Waals surface area contributed by atoms with Crippen molar-refractivity contribution >= 4 is 29.2 Å². The topological polar surface area (TPSA) is 109 Å². The Balaban J connectivity index is 1.71. The molecular weight excluding hydrogens is 362 g/mol. The molecule has 4 N–H and O–H groups in total. The predicted molar refractivity (Wildman–Crippen MR) is 103 cm³/mol. The second kappa shape index (κ2) is 8.94. The molecule has 1 aromatic rings. The highest BCUT2D eigenvalue weighted by Gasteiger charge is 2.42. The molecule has 0 radical (unpaired) electrons. The molecule has 2 aliphatic rings. The fraction of sp³-hybridized carbons (Fsp3) is 0.474. The predicted octanol–water partition coefficient (Wildman–Crippen LogP) is -2.18. The van der Waals surface area contributed by atoms with Crippen molar-refractivity contribution in [2.24, 2.45) is 10.9 Å². The number of aliphatic imine (C=N–C) groups is 1. The van der Waals surface area contributed by atoms with Gasteiger partial charge < -0.3 is 15.0 Å². The Morgan fingerprint density at radius 2 is 1.93 bits per heavy atom. The van der Waals surface area contributed by atoms with Crippen LogP contribution in [0.5, 0.6) is 5.75 Å². The number of nitrogens with one attached hydrogen (secondary N) is 2. The molecule has 3 rings (SSSR count). The molecule has 1 unspecified atom stereocenters. The number of quaternary nitrogens is 2. The first-order valence-corrected chi connectivity index (χ1v) is 9.50. The third-order valence-electron chi connectivity index (χ3n) is 5.14. The molecule has 2 aliphatic heterocycles. The number of nitrogens with two attached hydrogens (primary N) is 1. The van der Waals surface area contributed by atoms with Gasteiger partial charge in [-0.25, -0.2) is 9.69 Å². The molecule has 28 heavy (non-hydrogen) atoms. The minimum atomic E-state index is -1.09. The van der Waals surface area contributed by atoms with E-state index in [4.69, 9.17) is 4.74 Å². The summed E-state index contributed by atoms with van der Waals surface area (Å²) in [5, 5.41) is 4.56. The number of methoxy groups -OCH3 is 1. The van der Waals surface area contributed by atoms with Crippen LogP contribution < -0.4 is 25.2 Å². The average Bonchev–Trinajstić information content (AvgIpc) is 2.69. The molecule has 0 aromatic heterocycles. The Morgan fingerprint density at radius 3 is 2.57 bits per heavy atom. The molecule has 150 valence electrons. The lowest BCUT2D eigenvalue weighted by molar-refractivity contribution is -0.945. The zero-order valence-corrected chi connectivity index (χ0v) is 16.2. The molecule has 9 nitrogen and oxygen atoms in total. The van der Waals surface area contributed by atoms with Crippen LogP contribution in [0.25, 0.3) is 0 Å². The number of anilines is 1. The summed E-state index contributed by atoms with van der Waals surface area (Å²) in [6, 6.07) is 5.76. The highest BCUT2D eigenvalue weighted by atomic mass is 16.5. The Hall–Kier alpha value is -2.78. The number of benzene rings is 1. The van der Waals surface area contributed by atoms with Crippen molar-refractivity contribution in [3.8, 4) is 5.75 Å². The number of imide groups is 2. The third-order valence-corrected chi connectivity index (χ3v) is 5.14. The van der Waals surface area contributed by atoms with Gasteiger partial charge in [0, 0.05) is 5.71 Å². The first kappa shape index (κ1) is 20.0. The summed E-state index contributed by atoms with van der Waals surface area (Å²) in [5.41, 5.74) is 0.805. The van der Waals surface area contributed by atoms with Crippen molar-refractivity contribution in [3.63, 3.8) is 0 Å². The monoisotopic (exact) mass is 389 g/mol. The maximum atomic E-state index is 12.9. The lowest BCUT2D eigenvalue weighted by Crippen LogP contribution is -3.20. The van der Waals surface area contributed by atoms with E-state index in [0.29, 0.717) is 23.7 Å². The minimum Gasteiger partial charge on any atom is -0.497 e. The van der Waals surface area contributed by atoms with E-state index in [-0.39, 0.29) is 0 Å². The van der Waals surface area contributed by atoms with Gasteiger partial charge in [0.15, 0.2) is 5.92 Å². The van der Waals surface area contributed by atoms with E-state index in [1.807, 2.05) is 0 Å². The number of amides is 4. The van der Waals surface area contributed by atoms with Crippen LogP contribution in [0.4, 0.5) is 10.5 Å². The van der Waals surface area contributed by atoms with Gasteiger partial charge in [0.1, 0.15) is 31.9 Å². The number of nitrogens with zero attached hydrogens (tertiary/aromatic N) is 2.